The van der Waals surface area contributed by atoms with Crippen LogP contribution in [0.4, 0.5) is 33.3 Å². The van der Waals surface area contributed by atoms with Gasteiger partial charge in [-0.1, -0.05) is 0 Å². The van der Waals surface area contributed by atoms with Gasteiger partial charge in [0, 0.05) is 16.6 Å². The van der Waals surface area contributed by atoms with Crippen molar-refractivity contribution in [2.24, 2.45) is 0 Å². The van der Waals surface area contributed by atoms with E-state index in [0.717, 1.165) is 6.07 Å². The molecule has 0 unspecified atom stereocenters. The number of nitro benzene ring substituents is 1. The van der Waals surface area contributed by atoms with Crippen LogP contribution in [0.1, 0.15) is 5.56 Å². The minimum Gasteiger partial charge on any atom is -0.397 e. The zero-order valence-electron chi connectivity index (χ0n) is 8.26. The SMILES string of the molecule is Nc1c(Br)cc([N+](=O)[O-])cc1C(F)(F)C(F)(F)F. The lowest BCUT2D eigenvalue weighted by Gasteiger charge is -2.21. The minimum atomic E-state index is -5.89. The number of non-ortho nitro benzene ring substituents is 1. The van der Waals surface area contributed by atoms with E-state index in [0.29, 0.717) is 0 Å². The van der Waals surface area contributed by atoms with Gasteiger partial charge in [0.2, 0.25) is 0 Å². The Kier molecular flexibility index (Phi) is 3.52. The lowest BCUT2D eigenvalue weighted by molar-refractivity contribution is -0.385. The van der Waals surface area contributed by atoms with Crippen LogP contribution in [0.3, 0.4) is 0 Å². The first-order valence-electron chi connectivity index (χ1n) is 4.17. The number of halogens is 6. The molecule has 0 heterocycles. The van der Waals surface area contributed by atoms with E-state index in [-0.39, 0.29) is 6.07 Å². The highest BCUT2D eigenvalue weighted by molar-refractivity contribution is 9.10. The highest BCUT2D eigenvalue weighted by Gasteiger charge is 2.60. The number of benzene rings is 1. The number of hydrogen-bond donors (Lipinski definition) is 1. The van der Waals surface area contributed by atoms with Crippen molar-refractivity contribution in [3.63, 3.8) is 0 Å². The number of alkyl halides is 5. The van der Waals surface area contributed by atoms with Crippen LogP contribution in [0, 0.1) is 10.1 Å². The number of rotatable bonds is 2. The summed E-state index contributed by atoms with van der Waals surface area (Å²) in [5.41, 5.74) is 1.61. The summed E-state index contributed by atoms with van der Waals surface area (Å²) in [6, 6.07) is 0.846. The Bertz CT molecular complexity index is 503. The number of nitrogen functional groups attached to an aromatic ring is 1. The Balaban J connectivity index is 3.54. The van der Waals surface area contributed by atoms with E-state index in [1.165, 1.54) is 0 Å². The summed E-state index contributed by atoms with van der Waals surface area (Å²) >= 11 is 2.59. The average Bonchev–Trinajstić information content (AvgIpc) is 2.19. The normalized spacial score (nSPS) is 12.6. The van der Waals surface area contributed by atoms with Crippen LogP contribution in [-0.2, 0) is 5.92 Å². The van der Waals surface area contributed by atoms with Crippen LogP contribution >= 0.6 is 15.9 Å². The van der Waals surface area contributed by atoms with Gasteiger partial charge in [0.15, 0.2) is 0 Å². The molecule has 0 radical (unpaired) electrons. The molecule has 0 saturated carbocycles. The van der Waals surface area contributed by atoms with Crippen molar-refractivity contribution in [3.8, 4) is 0 Å². The second-order valence-electron chi connectivity index (χ2n) is 3.22. The maximum atomic E-state index is 13.1. The van der Waals surface area contributed by atoms with E-state index in [2.05, 4.69) is 15.9 Å². The lowest BCUT2D eigenvalue weighted by Crippen LogP contribution is -2.34. The van der Waals surface area contributed by atoms with Crippen molar-refractivity contribution in [1.82, 2.24) is 0 Å². The van der Waals surface area contributed by atoms with Gasteiger partial charge < -0.3 is 5.73 Å². The number of anilines is 1. The summed E-state index contributed by atoms with van der Waals surface area (Å²) in [6.07, 6.45) is -5.89. The van der Waals surface area contributed by atoms with Gasteiger partial charge in [-0.05, 0) is 15.9 Å². The Labute approximate surface area is 105 Å². The van der Waals surface area contributed by atoms with E-state index in [1.807, 2.05) is 0 Å². The maximum absolute atomic E-state index is 13.1. The molecule has 0 spiro atoms. The third-order valence-corrected chi connectivity index (χ3v) is 2.68. The van der Waals surface area contributed by atoms with Gasteiger partial charge in [0.1, 0.15) is 0 Å². The van der Waals surface area contributed by atoms with E-state index >= 15 is 0 Å². The molecule has 0 fully saturated rings. The van der Waals surface area contributed by atoms with E-state index in [9.17, 15) is 32.1 Å². The molecule has 1 rings (SSSR count). The first-order chi connectivity index (χ1) is 7.98. The van der Waals surface area contributed by atoms with Crippen molar-refractivity contribution in [2.75, 3.05) is 5.73 Å². The highest BCUT2D eigenvalue weighted by Crippen LogP contribution is 2.48. The predicted octanol–water partition coefficient (Wildman–Crippen LogP) is 3.59. The molecule has 0 aliphatic carbocycles. The molecule has 0 aliphatic heterocycles. The van der Waals surface area contributed by atoms with Crippen LogP contribution in [0.15, 0.2) is 16.6 Å². The van der Waals surface area contributed by atoms with Crippen LogP contribution in [0.5, 0.6) is 0 Å². The first kappa shape index (κ1) is 14.6. The fourth-order valence-corrected chi connectivity index (χ4v) is 1.57. The molecule has 100 valence electrons. The van der Waals surface area contributed by atoms with E-state index in [4.69, 9.17) is 5.73 Å². The molecule has 10 heteroatoms. The second-order valence-corrected chi connectivity index (χ2v) is 4.07. The summed E-state index contributed by atoms with van der Waals surface area (Å²) in [5.74, 6) is -5.27. The summed E-state index contributed by atoms with van der Waals surface area (Å²) in [4.78, 5) is 9.31. The number of nitrogens with two attached hydrogens (primary N) is 1. The smallest absolute Gasteiger partial charge is 0.397 e. The summed E-state index contributed by atoms with van der Waals surface area (Å²) in [7, 11) is 0. The van der Waals surface area contributed by atoms with Crippen LogP contribution < -0.4 is 5.73 Å². The maximum Gasteiger partial charge on any atom is 0.458 e. The molecule has 0 aromatic heterocycles. The van der Waals surface area contributed by atoms with Crippen molar-refractivity contribution < 1.29 is 26.9 Å². The van der Waals surface area contributed by atoms with Crippen LogP contribution in [0.25, 0.3) is 0 Å². The zero-order valence-corrected chi connectivity index (χ0v) is 9.85. The molecule has 2 N–H and O–H groups in total. The quantitative estimate of drug-likeness (QED) is 0.389. The third-order valence-electron chi connectivity index (χ3n) is 2.02. The highest BCUT2D eigenvalue weighted by atomic mass is 79.9. The molecule has 0 amide bonds. The monoisotopic (exact) mass is 334 g/mol. The van der Waals surface area contributed by atoms with E-state index in [1.54, 1.807) is 0 Å². The average molecular weight is 335 g/mol. The predicted molar refractivity (Wildman–Crippen MR) is 55.2 cm³/mol. The Morgan fingerprint density at radius 3 is 2.11 bits per heavy atom. The van der Waals surface area contributed by atoms with Gasteiger partial charge in [-0.3, -0.25) is 10.1 Å². The lowest BCUT2D eigenvalue weighted by atomic mass is 10.0. The van der Waals surface area contributed by atoms with Gasteiger partial charge in [0.25, 0.3) is 5.69 Å². The Morgan fingerprint density at radius 1 is 1.22 bits per heavy atom. The molecular formula is C8H4BrF5N2O2. The van der Waals surface area contributed by atoms with Gasteiger partial charge in [-0.2, -0.15) is 22.0 Å². The van der Waals surface area contributed by atoms with Gasteiger partial charge in [-0.25, -0.2) is 0 Å². The van der Waals surface area contributed by atoms with Crippen molar-refractivity contribution in [2.45, 2.75) is 12.1 Å². The van der Waals surface area contributed by atoms with Gasteiger partial charge in [0.05, 0.1) is 16.2 Å². The standard InChI is InChI=1S/C8H4BrF5N2O2/c9-5-2-3(16(17)18)1-4(6(5)15)7(10,11)8(12,13)14/h1-2H,15H2. The Morgan fingerprint density at radius 2 is 1.72 bits per heavy atom. The topological polar surface area (TPSA) is 69.2 Å². The van der Waals surface area contributed by atoms with Crippen LogP contribution in [-0.4, -0.2) is 11.1 Å². The minimum absolute atomic E-state index is 0.105. The second kappa shape index (κ2) is 4.34. The third kappa shape index (κ3) is 2.37. The molecule has 18 heavy (non-hydrogen) atoms. The van der Waals surface area contributed by atoms with Crippen molar-refractivity contribution in [3.05, 3.63) is 32.3 Å². The van der Waals surface area contributed by atoms with Gasteiger partial charge >= 0.3 is 12.1 Å². The fraction of sp³-hybridized carbons (Fsp3) is 0.250. The molecule has 0 bridgehead atoms. The molecule has 1 aromatic carbocycles. The number of nitro groups is 1. The van der Waals surface area contributed by atoms with Gasteiger partial charge in [-0.15, -0.1) is 0 Å². The van der Waals surface area contributed by atoms with E-state index < -0.39 is 38.4 Å². The Hall–Kier alpha value is -1.45. The van der Waals surface area contributed by atoms with Crippen LogP contribution in [0.2, 0.25) is 0 Å². The fourth-order valence-electron chi connectivity index (χ4n) is 1.12. The summed E-state index contributed by atoms with van der Waals surface area (Å²) in [5, 5.41) is 10.4. The molecule has 1 aromatic rings. The number of nitrogens with zero attached hydrogens (tertiary/aromatic N) is 1. The molecule has 0 atom stereocenters. The summed E-state index contributed by atoms with van der Waals surface area (Å²) in [6.45, 7) is 0. The van der Waals surface area contributed by atoms with Crippen molar-refractivity contribution in [1.29, 1.82) is 0 Å². The van der Waals surface area contributed by atoms with Crippen molar-refractivity contribution >= 4 is 27.3 Å². The molecule has 4 nitrogen and oxygen atoms in total. The molecular weight excluding hydrogens is 331 g/mol. The number of hydrogen-bond acceptors (Lipinski definition) is 3. The zero-order chi connectivity index (χ0) is 14.3. The first-order valence-corrected chi connectivity index (χ1v) is 4.96. The molecule has 0 aliphatic rings. The molecule has 0 saturated heterocycles. The summed E-state index contributed by atoms with van der Waals surface area (Å²) < 4.78 is 62.3. The largest absolute Gasteiger partial charge is 0.458 e.